The van der Waals surface area contributed by atoms with Crippen molar-refractivity contribution >= 4 is 29.0 Å². The summed E-state index contributed by atoms with van der Waals surface area (Å²) >= 11 is 5.11. The van der Waals surface area contributed by atoms with E-state index in [-0.39, 0.29) is 17.5 Å². The first kappa shape index (κ1) is 18.4. The Balaban J connectivity index is 2.14. The highest BCUT2D eigenvalue weighted by Gasteiger charge is 2.12. The minimum atomic E-state index is -0.211. The van der Waals surface area contributed by atoms with Gasteiger partial charge >= 0.3 is 0 Å². The smallest absolute Gasteiger partial charge is 0.261 e. The summed E-state index contributed by atoms with van der Waals surface area (Å²) in [7, 11) is 1.61. The average molecular weight is 349 g/mol. The quantitative estimate of drug-likeness (QED) is 0.785. The molecule has 2 rings (SSSR count). The number of H-pyrrole nitrogens is 1. The number of amides is 1. The largest absolute Gasteiger partial charge is 0.379 e. The first-order valence-electron chi connectivity index (χ1n) is 7.91. The predicted molar refractivity (Wildman–Crippen MR) is 97.0 cm³/mol. The van der Waals surface area contributed by atoms with Gasteiger partial charge in [0.05, 0.1) is 17.5 Å². The molecule has 7 heteroatoms. The highest BCUT2D eigenvalue weighted by atomic mass is 32.1. The Morgan fingerprint density at radius 2 is 2.04 bits per heavy atom. The van der Waals surface area contributed by atoms with E-state index in [1.54, 1.807) is 25.2 Å². The average Bonchev–Trinajstić information content (AvgIpc) is 2.51. The van der Waals surface area contributed by atoms with Gasteiger partial charge in [-0.3, -0.25) is 14.2 Å². The normalized spacial score (nSPS) is 12.5. The third kappa shape index (κ3) is 4.30. The van der Waals surface area contributed by atoms with E-state index in [4.69, 9.17) is 17.0 Å². The van der Waals surface area contributed by atoms with Crippen LogP contribution < -0.4 is 10.9 Å². The number of ether oxygens (including phenoxy) is 1. The first-order chi connectivity index (χ1) is 11.3. The Morgan fingerprint density at radius 3 is 2.71 bits per heavy atom. The van der Waals surface area contributed by atoms with Gasteiger partial charge in [0.25, 0.3) is 11.5 Å². The molecule has 1 aromatic heterocycles. The van der Waals surface area contributed by atoms with Crippen molar-refractivity contribution in [3.63, 3.8) is 0 Å². The number of nitrogens with zero attached hydrogens (tertiary/aromatic N) is 1. The molecule has 1 aromatic carbocycles. The van der Waals surface area contributed by atoms with Crippen molar-refractivity contribution in [1.29, 1.82) is 0 Å². The van der Waals surface area contributed by atoms with E-state index in [1.807, 2.05) is 6.92 Å². The Hall–Kier alpha value is -1.99. The van der Waals surface area contributed by atoms with Crippen LogP contribution in [0.3, 0.4) is 0 Å². The van der Waals surface area contributed by atoms with Gasteiger partial charge in [0.2, 0.25) is 0 Å². The van der Waals surface area contributed by atoms with E-state index in [0.717, 1.165) is 0 Å². The molecule has 0 aliphatic carbocycles. The predicted octanol–water partition coefficient (Wildman–Crippen LogP) is 2.39. The van der Waals surface area contributed by atoms with Gasteiger partial charge in [-0.05, 0) is 43.3 Å². The molecule has 1 heterocycles. The van der Waals surface area contributed by atoms with E-state index in [9.17, 15) is 9.59 Å². The number of hydrogen-bond acceptors (Lipinski definition) is 4. The molecule has 0 aliphatic rings. The number of fused-ring (bicyclic) bond motifs is 1. The summed E-state index contributed by atoms with van der Waals surface area (Å²) in [6.07, 6.45) is 0. The van der Waals surface area contributed by atoms with Gasteiger partial charge in [-0.15, -0.1) is 0 Å². The number of benzene rings is 1. The van der Waals surface area contributed by atoms with Crippen molar-refractivity contribution in [1.82, 2.24) is 14.9 Å². The Kier molecular flexibility index (Phi) is 5.90. The summed E-state index contributed by atoms with van der Waals surface area (Å²) in [5, 5.41) is 3.38. The lowest BCUT2D eigenvalue weighted by Crippen LogP contribution is -2.36. The number of hydrogen-bond donors (Lipinski definition) is 2. The molecule has 0 spiro atoms. The van der Waals surface area contributed by atoms with Crippen LogP contribution >= 0.6 is 12.2 Å². The third-order valence-corrected chi connectivity index (χ3v) is 3.94. The van der Waals surface area contributed by atoms with Crippen LogP contribution in [0.2, 0.25) is 0 Å². The van der Waals surface area contributed by atoms with Crippen molar-refractivity contribution in [3.05, 3.63) is 38.9 Å². The lowest BCUT2D eigenvalue weighted by molar-refractivity contribution is 0.0792. The second-order valence-corrected chi connectivity index (χ2v) is 6.75. The molecule has 2 N–H and O–H groups in total. The highest BCUT2D eigenvalue weighted by Crippen LogP contribution is 2.11. The summed E-state index contributed by atoms with van der Waals surface area (Å²) in [6.45, 7) is 7.16. The van der Waals surface area contributed by atoms with E-state index in [2.05, 4.69) is 24.1 Å². The number of nitrogens with one attached hydrogen (secondary N) is 2. The van der Waals surface area contributed by atoms with Crippen molar-refractivity contribution in [3.8, 4) is 0 Å². The maximum Gasteiger partial charge on any atom is 0.261 e. The molecule has 2 aromatic rings. The molecule has 1 atom stereocenters. The van der Waals surface area contributed by atoms with Crippen LogP contribution in [0.25, 0.3) is 10.9 Å². The lowest BCUT2D eigenvalue weighted by atomic mass is 10.1. The maximum atomic E-state index is 12.3. The van der Waals surface area contributed by atoms with Gasteiger partial charge < -0.3 is 15.0 Å². The minimum Gasteiger partial charge on any atom is -0.379 e. The highest BCUT2D eigenvalue weighted by molar-refractivity contribution is 7.71. The van der Waals surface area contributed by atoms with Gasteiger partial charge in [0.1, 0.15) is 0 Å². The summed E-state index contributed by atoms with van der Waals surface area (Å²) in [5.74, 6) is 0.247. The molecule has 1 amide bonds. The van der Waals surface area contributed by atoms with Crippen molar-refractivity contribution in [2.45, 2.75) is 26.8 Å². The molecule has 0 bridgehead atoms. The molecule has 0 saturated heterocycles. The van der Waals surface area contributed by atoms with E-state index in [1.165, 1.54) is 4.57 Å². The summed E-state index contributed by atoms with van der Waals surface area (Å²) in [6, 6.07) is 4.81. The van der Waals surface area contributed by atoms with Crippen LogP contribution in [0, 0.1) is 10.7 Å². The molecule has 6 nitrogen and oxygen atoms in total. The monoisotopic (exact) mass is 349 g/mol. The number of carbonyl (C=O) groups excluding carboxylic acids is 1. The molecule has 0 fully saturated rings. The Bertz CT molecular complexity index is 854. The van der Waals surface area contributed by atoms with Gasteiger partial charge in [-0.25, -0.2) is 0 Å². The summed E-state index contributed by atoms with van der Waals surface area (Å²) in [5.41, 5.74) is 0.840. The van der Waals surface area contributed by atoms with Crippen LogP contribution in [0.4, 0.5) is 0 Å². The van der Waals surface area contributed by atoms with Crippen LogP contribution in [0.1, 0.15) is 31.1 Å². The fourth-order valence-electron chi connectivity index (χ4n) is 2.28. The summed E-state index contributed by atoms with van der Waals surface area (Å²) < 4.78 is 7.22. The van der Waals surface area contributed by atoms with Crippen molar-refractivity contribution < 1.29 is 9.53 Å². The van der Waals surface area contributed by atoms with E-state index < -0.39 is 0 Å². The van der Waals surface area contributed by atoms with E-state index >= 15 is 0 Å². The second-order valence-electron chi connectivity index (χ2n) is 6.36. The molecular formula is C17H23N3O3S. The molecule has 24 heavy (non-hydrogen) atoms. The standard InChI is InChI=1S/C17H23N3O3S/c1-10(2)8-23-9-11(3)18-15(21)12-5-6-13-14(7-12)19-17(24)20(4)16(13)22/h5-7,10-11H,8-9H2,1-4H3,(H,18,21)(H,19,24). The topological polar surface area (TPSA) is 76.1 Å². The maximum absolute atomic E-state index is 12.3. The molecular weight excluding hydrogens is 326 g/mol. The van der Waals surface area contributed by atoms with Crippen molar-refractivity contribution in [2.75, 3.05) is 13.2 Å². The molecule has 0 radical (unpaired) electrons. The zero-order chi connectivity index (χ0) is 17.9. The Morgan fingerprint density at radius 1 is 1.33 bits per heavy atom. The number of aromatic nitrogens is 2. The van der Waals surface area contributed by atoms with Gasteiger partial charge in [0, 0.05) is 25.3 Å². The first-order valence-corrected chi connectivity index (χ1v) is 8.32. The minimum absolute atomic E-state index is 0.103. The van der Waals surface area contributed by atoms with Crippen LogP contribution in [-0.2, 0) is 11.8 Å². The number of carbonyl (C=O) groups is 1. The second kappa shape index (κ2) is 7.72. The number of rotatable bonds is 6. The molecule has 0 saturated carbocycles. The zero-order valence-corrected chi connectivity index (χ0v) is 15.2. The SMILES string of the molecule is CC(C)COCC(C)NC(=O)c1ccc2c(=O)n(C)c(=S)[nH]c2c1. The van der Waals surface area contributed by atoms with Crippen LogP contribution in [0.15, 0.2) is 23.0 Å². The summed E-state index contributed by atoms with van der Waals surface area (Å²) in [4.78, 5) is 27.5. The zero-order valence-electron chi connectivity index (χ0n) is 14.4. The van der Waals surface area contributed by atoms with Gasteiger partial charge in [0.15, 0.2) is 4.77 Å². The molecule has 130 valence electrons. The fraction of sp³-hybridized carbons (Fsp3) is 0.471. The fourth-order valence-corrected chi connectivity index (χ4v) is 2.47. The van der Waals surface area contributed by atoms with Gasteiger partial charge in [-0.2, -0.15) is 0 Å². The van der Waals surface area contributed by atoms with Crippen LogP contribution in [-0.4, -0.2) is 34.7 Å². The third-order valence-electron chi connectivity index (χ3n) is 3.56. The van der Waals surface area contributed by atoms with Crippen molar-refractivity contribution in [2.24, 2.45) is 13.0 Å². The number of aromatic amines is 1. The lowest BCUT2D eigenvalue weighted by Gasteiger charge is -2.15. The van der Waals surface area contributed by atoms with Gasteiger partial charge in [-0.1, -0.05) is 13.8 Å². The van der Waals surface area contributed by atoms with E-state index in [0.29, 0.717) is 40.4 Å². The van der Waals surface area contributed by atoms with Crippen LogP contribution in [0.5, 0.6) is 0 Å². The molecule has 0 aliphatic heterocycles. The Labute approximate surface area is 145 Å². The molecule has 1 unspecified atom stereocenters.